The Bertz CT molecular complexity index is 1300. The lowest BCUT2D eigenvalue weighted by Crippen LogP contribution is -2.17. The van der Waals surface area contributed by atoms with Gasteiger partial charge in [0.1, 0.15) is 5.75 Å². The molecule has 2 aromatic heterocycles. The minimum Gasteiger partial charge on any atom is -0.508 e. The van der Waals surface area contributed by atoms with Crippen molar-refractivity contribution in [3.63, 3.8) is 0 Å². The van der Waals surface area contributed by atoms with Gasteiger partial charge in [0.05, 0.1) is 5.69 Å². The number of halogens is 1. The molecular formula is C24H24BrN3O2S. The second-order valence-electron chi connectivity index (χ2n) is 8.56. The summed E-state index contributed by atoms with van der Waals surface area (Å²) in [4.78, 5) is 21.6. The van der Waals surface area contributed by atoms with Crippen LogP contribution in [0.3, 0.4) is 0 Å². The zero-order valence-corrected chi connectivity index (χ0v) is 20.0. The molecule has 0 saturated carbocycles. The molecule has 0 aliphatic carbocycles. The Hall–Kier alpha value is -2.64. The third-order valence-corrected chi connectivity index (χ3v) is 6.57. The molecule has 0 radical (unpaired) electrons. The van der Waals surface area contributed by atoms with Crippen LogP contribution in [0, 0.1) is 0 Å². The van der Waals surface area contributed by atoms with Crippen molar-refractivity contribution in [2.24, 2.45) is 0 Å². The second-order valence-corrected chi connectivity index (χ2v) is 10.6. The number of para-hydroxylation sites is 1. The minimum atomic E-state index is -0.159. The SMILES string of the molecule is CC(C)(C)c1nc(NCc2cc(Br)ccc2O)sc1Cc1cc2ccccc2[nH]c1=O. The molecule has 4 aromatic rings. The molecule has 5 nitrogen and oxygen atoms in total. The molecule has 4 rings (SSSR count). The summed E-state index contributed by atoms with van der Waals surface area (Å²) in [7, 11) is 0. The van der Waals surface area contributed by atoms with E-state index in [1.54, 1.807) is 23.5 Å². The lowest BCUT2D eigenvalue weighted by atomic mass is 9.90. The summed E-state index contributed by atoms with van der Waals surface area (Å²) in [6.45, 7) is 6.83. The Balaban J connectivity index is 1.64. The molecule has 31 heavy (non-hydrogen) atoms. The molecule has 0 aliphatic heterocycles. The molecule has 0 atom stereocenters. The fourth-order valence-electron chi connectivity index (χ4n) is 3.50. The van der Waals surface area contributed by atoms with Crippen LogP contribution in [0.4, 0.5) is 5.13 Å². The van der Waals surface area contributed by atoms with E-state index in [9.17, 15) is 9.90 Å². The van der Waals surface area contributed by atoms with Gasteiger partial charge in [-0.05, 0) is 35.7 Å². The fourth-order valence-corrected chi connectivity index (χ4v) is 5.10. The van der Waals surface area contributed by atoms with E-state index in [1.807, 2.05) is 36.4 Å². The first-order valence-corrected chi connectivity index (χ1v) is 11.6. The van der Waals surface area contributed by atoms with Crippen molar-refractivity contribution in [2.75, 3.05) is 5.32 Å². The molecule has 2 aromatic carbocycles. The van der Waals surface area contributed by atoms with Crippen molar-refractivity contribution in [3.8, 4) is 5.75 Å². The van der Waals surface area contributed by atoms with E-state index in [4.69, 9.17) is 4.98 Å². The summed E-state index contributed by atoms with van der Waals surface area (Å²) in [6.07, 6.45) is 0.522. The number of nitrogens with zero attached hydrogens (tertiary/aromatic N) is 1. The number of hydrogen-bond donors (Lipinski definition) is 3. The van der Waals surface area contributed by atoms with Gasteiger partial charge in [-0.1, -0.05) is 54.9 Å². The quantitative estimate of drug-likeness (QED) is 0.318. The summed E-state index contributed by atoms with van der Waals surface area (Å²) in [5.74, 6) is 0.242. The maximum Gasteiger partial charge on any atom is 0.251 e. The molecule has 0 amide bonds. The highest BCUT2D eigenvalue weighted by Gasteiger charge is 2.24. The van der Waals surface area contributed by atoms with Crippen molar-refractivity contribution in [3.05, 3.63) is 85.1 Å². The van der Waals surface area contributed by atoms with Gasteiger partial charge in [-0.15, -0.1) is 11.3 Å². The summed E-state index contributed by atoms with van der Waals surface area (Å²) in [5.41, 5.74) is 3.10. The van der Waals surface area contributed by atoms with Crippen LogP contribution >= 0.6 is 27.3 Å². The van der Waals surface area contributed by atoms with Crippen LogP contribution in [0.2, 0.25) is 0 Å². The number of hydrogen-bond acceptors (Lipinski definition) is 5. The number of aromatic nitrogens is 2. The van der Waals surface area contributed by atoms with Gasteiger partial charge in [0, 0.05) is 44.4 Å². The maximum absolute atomic E-state index is 12.7. The third kappa shape index (κ3) is 4.83. The van der Waals surface area contributed by atoms with E-state index in [1.165, 1.54) is 0 Å². The fraction of sp³-hybridized carbons (Fsp3) is 0.250. The number of aromatic amines is 1. The van der Waals surface area contributed by atoms with E-state index in [2.05, 4.69) is 47.0 Å². The lowest BCUT2D eigenvalue weighted by molar-refractivity contribution is 0.469. The zero-order valence-electron chi connectivity index (χ0n) is 17.6. The molecule has 0 unspecified atom stereocenters. The first-order valence-electron chi connectivity index (χ1n) is 10.0. The monoisotopic (exact) mass is 497 g/mol. The molecule has 0 bridgehead atoms. The summed E-state index contributed by atoms with van der Waals surface area (Å²) >= 11 is 5.00. The number of nitrogens with one attached hydrogen (secondary N) is 2. The van der Waals surface area contributed by atoms with E-state index in [0.717, 1.165) is 42.2 Å². The average Bonchev–Trinajstić information content (AvgIpc) is 3.12. The van der Waals surface area contributed by atoms with Gasteiger partial charge in [-0.3, -0.25) is 4.79 Å². The highest BCUT2D eigenvalue weighted by Crippen LogP contribution is 2.34. The van der Waals surface area contributed by atoms with Crippen molar-refractivity contribution in [1.82, 2.24) is 9.97 Å². The number of benzene rings is 2. The first kappa shape index (κ1) is 21.6. The lowest BCUT2D eigenvalue weighted by Gasteiger charge is -2.17. The molecule has 160 valence electrons. The Morgan fingerprint density at radius 1 is 1.13 bits per heavy atom. The largest absolute Gasteiger partial charge is 0.508 e. The highest BCUT2D eigenvalue weighted by atomic mass is 79.9. The Labute approximate surface area is 193 Å². The summed E-state index contributed by atoms with van der Waals surface area (Å²) < 4.78 is 0.910. The van der Waals surface area contributed by atoms with Crippen molar-refractivity contribution >= 4 is 43.3 Å². The zero-order chi connectivity index (χ0) is 22.2. The van der Waals surface area contributed by atoms with E-state index < -0.39 is 0 Å². The standard InChI is InChI=1S/C24H24BrN3O2S/c1-24(2,3)21-20(12-15-10-14-6-4-5-7-18(14)27-22(15)30)31-23(28-21)26-13-16-11-17(25)8-9-19(16)29/h4-11,29H,12-13H2,1-3H3,(H,26,28)(H,27,30). The predicted octanol–water partition coefficient (Wildman–Crippen LogP) is 5.95. The number of phenols is 1. The predicted molar refractivity (Wildman–Crippen MR) is 131 cm³/mol. The molecule has 3 N–H and O–H groups in total. The van der Waals surface area contributed by atoms with Gasteiger partial charge in [-0.25, -0.2) is 4.98 Å². The van der Waals surface area contributed by atoms with Crippen LogP contribution in [0.5, 0.6) is 5.75 Å². The van der Waals surface area contributed by atoms with Crippen molar-refractivity contribution in [2.45, 2.75) is 39.2 Å². The van der Waals surface area contributed by atoms with E-state index in [0.29, 0.717) is 13.0 Å². The maximum atomic E-state index is 12.7. The molecule has 2 heterocycles. The topological polar surface area (TPSA) is 78.0 Å². The number of thiazole rings is 1. The molecule has 0 spiro atoms. The van der Waals surface area contributed by atoms with Crippen LogP contribution in [0.25, 0.3) is 10.9 Å². The highest BCUT2D eigenvalue weighted by molar-refractivity contribution is 9.10. The first-order chi connectivity index (χ1) is 14.7. The number of fused-ring (bicyclic) bond motifs is 1. The molecule has 0 saturated heterocycles. The van der Waals surface area contributed by atoms with Gasteiger partial charge in [0.2, 0.25) is 0 Å². The summed E-state index contributed by atoms with van der Waals surface area (Å²) in [6, 6.07) is 15.1. The normalized spacial score (nSPS) is 11.7. The van der Waals surface area contributed by atoms with Gasteiger partial charge in [0.25, 0.3) is 5.56 Å². The number of aromatic hydroxyl groups is 1. The average molecular weight is 498 g/mol. The number of H-pyrrole nitrogens is 1. The Morgan fingerprint density at radius 2 is 1.90 bits per heavy atom. The molecular weight excluding hydrogens is 474 g/mol. The van der Waals surface area contributed by atoms with Crippen LogP contribution in [-0.2, 0) is 18.4 Å². The van der Waals surface area contributed by atoms with Gasteiger partial charge >= 0.3 is 0 Å². The van der Waals surface area contributed by atoms with Crippen molar-refractivity contribution in [1.29, 1.82) is 0 Å². The number of pyridine rings is 1. The molecule has 0 fully saturated rings. The van der Waals surface area contributed by atoms with Crippen LogP contribution in [0.1, 0.15) is 42.5 Å². The number of phenolic OH excluding ortho intramolecular Hbond substituents is 1. The molecule has 0 aliphatic rings. The van der Waals surface area contributed by atoms with E-state index in [-0.39, 0.29) is 16.7 Å². The Morgan fingerprint density at radius 3 is 2.68 bits per heavy atom. The third-order valence-electron chi connectivity index (χ3n) is 5.06. The van der Waals surface area contributed by atoms with Crippen LogP contribution in [0.15, 0.2) is 57.8 Å². The van der Waals surface area contributed by atoms with E-state index >= 15 is 0 Å². The van der Waals surface area contributed by atoms with Gasteiger partial charge in [-0.2, -0.15) is 0 Å². The Kier molecular flexibility index (Phi) is 5.90. The number of rotatable bonds is 5. The van der Waals surface area contributed by atoms with Crippen LogP contribution in [-0.4, -0.2) is 15.1 Å². The van der Waals surface area contributed by atoms with Crippen molar-refractivity contribution < 1.29 is 5.11 Å². The van der Waals surface area contributed by atoms with Gasteiger partial charge < -0.3 is 15.4 Å². The van der Waals surface area contributed by atoms with Gasteiger partial charge in [0.15, 0.2) is 5.13 Å². The number of anilines is 1. The minimum absolute atomic E-state index is 0.0690. The van der Waals surface area contributed by atoms with Crippen LogP contribution < -0.4 is 10.9 Å². The summed E-state index contributed by atoms with van der Waals surface area (Å²) in [5, 5.41) is 15.2. The second kappa shape index (κ2) is 8.48. The smallest absolute Gasteiger partial charge is 0.251 e. The molecule has 7 heteroatoms.